The average Bonchev–Trinajstić information content (AvgIpc) is 3.04. The molecule has 0 radical (unpaired) electrons. The molecule has 1 aliphatic rings. The van der Waals surface area contributed by atoms with Crippen LogP contribution in [0.15, 0.2) is 65.6 Å². The SMILES string of the molecule is CCN1CCC(CN(CC(=O)OC(=O)C(F)(F)F)C(=O)c2cccc(COc3ccc(-c4cc(F)c(F)cc4SC)cc3)c2)CC1. The van der Waals surface area contributed by atoms with E-state index in [1.807, 2.05) is 6.92 Å². The summed E-state index contributed by atoms with van der Waals surface area (Å²) in [7, 11) is 0. The second kappa shape index (κ2) is 15.5. The van der Waals surface area contributed by atoms with Crippen molar-refractivity contribution < 1.29 is 45.8 Å². The van der Waals surface area contributed by atoms with Gasteiger partial charge in [0.25, 0.3) is 5.91 Å². The first-order valence-corrected chi connectivity index (χ1v) is 15.8. The van der Waals surface area contributed by atoms with Crippen LogP contribution in [0.4, 0.5) is 22.0 Å². The second-order valence-corrected chi connectivity index (χ2v) is 11.7. The summed E-state index contributed by atoms with van der Waals surface area (Å²) in [5.74, 6) is -6.10. The standard InChI is InChI=1S/C33H33F5N2O5S/c1-3-39-13-11-21(12-14-39)18-40(19-30(41)45-32(43)33(36,37)38)31(42)24-6-4-5-22(15-24)20-44-25-9-7-23(8-10-25)26-16-27(34)28(35)17-29(26)46-2/h4-10,15-17,21H,3,11-14,18-20H2,1-2H3. The molecule has 0 spiro atoms. The molecule has 13 heteroatoms. The molecule has 0 aliphatic carbocycles. The summed E-state index contributed by atoms with van der Waals surface area (Å²) in [6.07, 6.45) is -2.12. The lowest BCUT2D eigenvalue weighted by molar-refractivity contribution is -0.202. The number of hydrogen-bond donors (Lipinski definition) is 0. The molecule has 1 fully saturated rings. The summed E-state index contributed by atoms with van der Waals surface area (Å²) >= 11 is 1.29. The van der Waals surface area contributed by atoms with Gasteiger partial charge in [-0.3, -0.25) is 4.79 Å². The van der Waals surface area contributed by atoms with Crippen LogP contribution in [0.5, 0.6) is 5.75 Å². The molecule has 3 aromatic carbocycles. The Bertz CT molecular complexity index is 1540. The smallest absolute Gasteiger partial charge is 0.489 e. The Kier molecular flexibility index (Phi) is 11.8. The molecule has 1 amide bonds. The quantitative estimate of drug-likeness (QED) is 0.0973. The molecule has 0 aromatic heterocycles. The molecule has 7 nitrogen and oxygen atoms in total. The maximum atomic E-state index is 13.9. The summed E-state index contributed by atoms with van der Waals surface area (Å²) in [6.45, 7) is 3.81. The van der Waals surface area contributed by atoms with E-state index >= 15 is 0 Å². The van der Waals surface area contributed by atoms with E-state index in [0.717, 1.165) is 49.5 Å². The molecule has 46 heavy (non-hydrogen) atoms. The predicted octanol–water partition coefficient (Wildman–Crippen LogP) is 6.74. The number of nitrogens with zero attached hydrogens (tertiary/aromatic N) is 2. The van der Waals surface area contributed by atoms with Crippen molar-refractivity contribution in [1.29, 1.82) is 0 Å². The predicted molar refractivity (Wildman–Crippen MR) is 162 cm³/mol. The minimum Gasteiger partial charge on any atom is -0.489 e. The van der Waals surface area contributed by atoms with Crippen molar-refractivity contribution >= 4 is 29.6 Å². The lowest BCUT2D eigenvalue weighted by Crippen LogP contribution is -2.44. The maximum absolute atomic E-state index is 13.9. The lowest BCUT2D eigenvalue weighted by atomic mass is 9.96. The fraction of sp³-hybridized carbons (Fsp3) is 0.364. The zero-order valence-corrected chi connectivity index (χ0v) is 26.1. The van der Waals surface area contributed by atoms with Gasteiger partial charge in [0.1, 0.15) is 18.9 Å². The number of alkyl halides is 3. The van der Waals surface area contributed by atoms with Gasteiger partial charge in [-0.25, -0.2) is 18.4 Å². The molecule has 1 aliphatic heterocycles. The highest BCUT2D eigenvalue weighted by Gasteiger charge is 2.42. The van der Waals surface area contributed by atoms with Crippen molar-refractivity contribution in [2.75, 3.05) is 39.0 Å². The summed E-state index contributed by atoms with van der Waals surface area (Å²) in [5.41, 5.74) is 1.99. The topological polar surface area (TPSA) is 76.2 Å². The van der Waals surface area contributed by atoms with E-state index in [1.54, 1.807) is 48.7 Å². The van der Waals surface area contributed by atoms with Gasteiger partial charge < -0.3 is 19.3 Å². The number of benzene rings is 3. The molecule has 0 saturated carbocycles. The van der Waals surface area contributed by atoms with Crippen LogP contribution in [0.3, 0.4) is 0 Å². The van der Waals surface area contributed by atoms with Gasteiger partial charge in [0, 0.05) is 17.0 Å². The van der Waals surface area contributed by atoms with Crippen molar-refractivity contribution in [3.8, 4) is 16.9 Å². The Morgan fingerprint density at radius 2 is 1.65 bits per heavy atom. The average molecular weight is 665 g/mol. The van der Waals surface area contributed by atoms with Crippen LogP contribution in [0, 0.1) is 17.6 Å². The summed E-state index contributed by atoms with van der Waals surface area (Å²) in [5, 5.41) is 0. The molecular weight excluding hydrogens is 631 g/mol. The molecular formula is C33H33F5N2O5S. The lowest BCUT2D eigenvalue weighted by Gasteiger charge is -2.34. The number of thioether (sulfide) groups is 1. The third-order valence-electron chi connectivity index (χ3n) is 7.67. The van der Waals surface area contributed by atoms with Gasteiger partial charge in [-0.15, -0.1) is 11.8 Å². The van der Waals surface area contributed by atoms with E-state index in [9.17, 15) is 36.3 Å². The Morgan fingerprint density at radius 1 is 0.978 bits per heavy atom. The number of likely N-dealkylation sites (tertiary alicyclic amines) is 1. The van der Waals surface area contributed by atoms with E-state index in [4.69, 9.17) is 4.74 Å². The molecule has 0 unspecified atom stereocenters. The molecule has 0 atom stereocenters. The number of esters is 2. The summed E-state index contributed by atoms with van der Waals surface area (Å²) < 4.78 is 75.4. The van der Waals surface area contributed by atoms with Gasteiger partial charge in [0.05, 0.1) is 0 Å². The van der Waals surface area contributed by atoms with Crippen LogP contribution in [-0.2, 0) is 20.9 Å². The van der Waals surface area contributed by atoms with Gasteiger partial charge in [-0.05, 0) is 97.7 Å². The van der Waals surface area contributed by atoms with Gasteiger partial charge in [0.15, 0.2) is 11.6 Å². The minimum atomic E-state index is -5.34. The van der Waals surface area contributed by atoms with Crippen molar-refractivity contribution in [2.24, 2.45) is 5.92 Å². The number of ether oxygens (including phenoxy) is 2. The van der Waals surface area contributed by atoms with Crippen molar-refractivity contribution in [3.05, 3.63) is 83.4 Å². The fourth-order valence-electron chi connectivity index (χ4n) is 5.16. The van der Waals surface area contributed by atoms with E-state index in [1.165, 1.54) is 17.8 Å². The molecule has 0 N–H and O–H groups in total. The molecule has 246 valence electrons. The summed E-state index contributed by atoms with van der Waals surface area (Å²) in [6, 6.07) is 15.5. The molecule has 4 rings (SSSR count). The highest BCUT2D eigenvalue weighted by Crippen LogP contribution is 2.33. The van der Waals surface area contributed by atoms with E-state index < -0.39 is 42.2 Å². The summed E-state index contributed by atoms with van der Waals surface area (Å²) in [4.78, 5) is 41.0. The van der Waals surface area contributed by atoms with Gasteiger partial charge >= 0.3 is 18.1 Å². The number of hydrogen-bond acceptors (Lipinski definition) is 7. The van der Waals surface area contributed by atoms with Crippen LogP contribution in [0.1, 0.15) is 35.7 Å². The fourth-order valence-corrected chi connectivity index (χ4v) is 5.78. The molecule has 1 saturated heterocycles. The number of carbonyl (C=O) groups is 3. The normalized spacial score (nSPS) is 14.2. The Hall–Kier alpha value is -3.97. The van der Waals surface area contributed by atoms with Gasteiger partial charge in [0.2, 0.25) is 0 Å². The zero-order valence-electron chi connectivity index (χ0n) is 25.2. The first-order chi connectivity index (χ1) is 21.9. The number of carbonyl (C=O) groups excluding carboxylic acids is 3. The maximum Gasteiger partial charge on any atom is 0.491 e. The Balaban J connectivity index is 1.45. The Morgan fingerprint density at radius 3 is 2.28 bits per heavy atom. The zero-order chi connectivity index (χ0) is 33.4. The molecule has 3 aromatic rings. The van der Waals surface area contributed by atoms with Crippen molar-refractivity contribution in [2.45, 2.75) is 37.4 Å². The van der Waals surface area contributed by atoms with Crippen LogP contribution in [-0.4, -0.2) is 72.8 Å². The van der Waals surface area contributed by atoms with Gasteiger partial charge in [-0.2, -0.15) is 13.2 Å². The van der Waals surface area contributed by atoms with Crippen LogP contribution in [0.2, 0.25) is 0 Å². The van der Waals surface area contributed by atoms with E-state index in [2.05, 4.69) is 9.64 Å². The van der Waals surface area contributed by atoms with Crippen LogP contribution < -0.4 is 4.74 Å². The highest BCUT2D eigenvalue weighted by molar-refractivity contribution is 7.98. The van der Waals surface area contributed by atoms with Crippen LogP contribution in [0.25, 0.3) is 11.1 Å². The Labute approximate surface area is 267 Å². The van der Waals surface area contributed by atoms with Gasteiger partial charge in [-0.1, -0.05) is 31.2 Å². The number of halogens is 5. The number of piperidine rings is 1. The first kappa shape index (κ1) is 34.9. The molecule has 1 heterocycles. The van der Waals surface area contributed by atoms with Crippen molar-refractivity contribution in [1.82, 2.24) is 9.80 Å². The molecule has 0 bridgehead atoms. The van der Waals surface area contributed by atoms with E-state index in [-0.39, 0.29) is 24.6 Å². The third kappa shape index (κ3) is 9.29. The first-order valence-electron chi connectivity index (χ1n) is 14.6. The largest absolute Gasteiger partial charge is 0.491 e. The highest BCUT2D eigenvalue weighted by atomic mass is 32.2. The minimum absolute atomic E-state index is 0.00533. The van der Waals surface area contributed by atoms with Crippen molar-refractivity contribution in [3.63, 3.8) is 0 Å². The van der Waals surface area contributed by atoms with E-state index in [0.29, 0.717) is 27.3 Å². The monoisotopic (exact) mass is 664 g/mol. The van der Waals surface area contributed by atoms with Crippen LogP contribution >= 0.6 is 11.8 Å². The number of rotatable bonds is 11. The third-order valence-corrected chi connectivity index (χ3v) is 8.44. The number of amides is 1. The second-order valence-electron chi connectivity index (χ2n) is 10.8.